The van der Waals surface area contributed by atoms with Crippen LogP contribution in [0.5, 0.6) is 0 Å². The number of anilines is 3. The Bertz CT molecular complexity index is 884. The zero-order valence-electron chi connectivity index (χ0n) is 14.8. The molecule has 0 fully saturated rings. The van der Waals surface area contributed by atoms with Crippen molar-refractivity contribution in [1.82, 2.24) is 15.2 Å². The molecule has 0 atom stereocenters. The molecule has 6 nitrogen and oxygen atoms in total. The van der Waals surface area contributed by atoms with Gasteiger partial charge in [0, 0.05) is 18.3 Å². The van der Waals surface area contributed by atoms with Crippen LogP contribution >= 0.6 is 0 Å². The van der Waals surface area contributed by atoms with Gasteiger partial charge in [-0.2, -0.15) is 15.3 Å². The summed E-state index contributed by atoms with van der Waals surface area (Å²) >= 11 is 0. The highest BCUT2D eigenvalue weighted by atomic mass is 15.3. The van der Waals surface area contributed by atoms with Crippen LogP contribution in [0.4, 0.5) is 17.5 Å². The summed E-state index contributed by atoms with van der Waals surface area (Å²) in [6, 6.07) is 19.8. The minimum atomic E-state index is 0.259. The van der Waals surface area contributed by atoms with Gasteiger partial charge in [0.1, 0.15) is 0 Å². The third-order valence-corrected chi connectivity index (χ3v) is 3.93. The van der Waals surface area contributed by atoms with Crippen LogP contribution < -0.4 is 10.2 Å². The molecule has 0 spiro atoms. The van der Waals surface area contributed by atoms with Crippen molar-refractivity contribution in [3.63, 3.8) is 0 Å². The average Bonchev–Trinajstić information content (AvgIpc) is 2.67. The number of rotatable bonds is 6. The van der Waals surface area contributed by atoms with Crippen molar-refractivity contribution < 1.29 is 0 Å². The molecule has 0 radical (unpaired) electrons. The summed E-state index contributed by atoms with van der Waals surface area (Å²) < 4.78 is 0. The predicted octanol–water partition coefficient (Wildman–Crippen LogP) is 3.90. The van der Waals surface area contributed by atoms with Gasteiger partial charge in [0.15, 0.2) is 5.82 Å². The molecule has 130 valence electrons. The lowest BCUT2D eigenvalue weighted by Crippen LogP contribution is -2.31. The Balaban J connectivity index is 1.80. The second-order valence-electron chi connectivity index (χ2n) is 6.16. The first-order chi connectivity index (χ1) is 12.7. The van der Waals surface area contributed by atoms with Gasteiger partial charge in [-0.3, -0.25) is 0 Å². The minimum Gasteiger partial charge on any atom is -0.348 e. The van der Waals surface area contributed by atoms with Crippen LogP contribution in [-0.2, 0) is 6.54 Å². The SMILES string of the molecule is CC(C)N(Cc1ccccc1)c1cnnc(Nc2ccc(C#N)cc2)n1. The standard InChI is InChI=1S/C20H20N6/c1-15(2)26(14-17-6-4-3-5-7-17)19-13-22-25-20(24-19)23-18-10-8-16(12-21)9-11-18/h3-11,13,15H,14H2,1-2H3,(H,23,24,25). The first-order valence-corrected chi connectivity index (χ1v) is 8.43. The van der Waals surface area contributed by atoms with Gasteiger partial charge in [-0.1, -0.05) is 30.3 Å². The summed E-state index contributed by atoms with van der Waals surface area (Å²) in [7, 11) is 0. The van der Waals surface area contributed by atoms with Crippen molar-refractivity contribution in [1.29, 1.82) is 5.26 Å². The number of aromatic nitrogens is 3. The molecule has 1 aromatic heterocycles. The first kappa shape index (κ1) is 17.4. The summed E-state index contributed by atoms with van der Waals surface area (Å²) in [5, 5.41) is 20.2. The fraction of sp³-hybridized carbons (Fsp3) is 0.200. The van der Waals surface area contributed by atoms with E-state index in [0.717, 1.165) is 18.1 Å². The molecular formula is C20H20N6. The van der Waals surface area contributed by atoms with Crippen molar-refractivity contribution in [3.05, 3.63) is 71.9 Å². The fourth-order valence-electron chi connectivity index (χ4n) is 2.55. The van der Waals surface area contributed by atoms with E-state index < -0.39 is 0 Å². The topological polar surface area (TPSA) is 77.7 Å². The lowest BCUT2D eigenvalue weighted by molar-refractivity contribution is 0.668. The zero-order valence-corrected chi connectivity index (χ0v) is 14.8. The molecule has 0 saturated heterocycles. The van der Waals surface area contributed by atoms with Crippen molar-refractivity contribution in [3.8, 4) is 6.07 Å². The number of hydrogen-bond donors (Lipinski definition) is 1. The van der Waals surface area contributed by atoms with Gasteiger partial charge in [-0.05, 0) is 43.7 Å². The van der Waals surface area contributed by atoms with E-state index in [1.807, 2.05) is 30.3 Å². The van der Waals surface area contributed by atoms with E-state index in [0.29, 0.717) is 11.5 Å². The van der Waals surface area contributed by atoms with E-state index >= 15 is 0 Å². The number of hydrogen-bond acceptors (Lipinski definition) is 6. The second-order valence-corrected chi connectivity index (χ2v) is 6.16. The number of benzene rings is 2. The molecule has 6 heteroatoms. The largest absolute Gasteiger partial charge is 0.348 e. The molecule has 3 rings (SSSR count). The molecule has 1 N–H and O–H groups in total. The second kappa shape index (κ2) is 8.08. The zero-order chi connectivity index (χ0) is 18.4. The molecule has 1 heterocycles. The van der Waals surface area contributed by atoms with Crippen LogP contribution in [0, 0.1) is 11.3 Å². The molecule has 26 heavy (non-hydrogen) atoms. The quantitative estimate of drug-likeness (QED) is 0.731. The average molecular weight is 344 g/mol. The highest BCUT2D eigenvalue weighted by molar-refractivity contribution is 5.56. The van der Waals surface area contributed by atoms with Gasteiger partial charge >= 0.3 is 0 Å². The van der Waals surface area contributed by atoms with Crippen LogP contribution in [-0.4, -0.2) is 21.2 Å². The van der Waals surface area contributed by atoms with Crippen LogP contribution in [0.15, 0.2) is 60.8 Å². The summed E-state index contributed by atoms with van der Waals surface area (Å²) in [6.45, 7) is 4.99. The normalized spacial score (nSPS) is 10.4. The predicted molar refractivity (Wildman–Crippen MR) is 102 cm³/mol. The van der Waals surface area contributed by atoms with Crippen LogP contribution in [0.25, 0.3) is 0 Å². The molecular weight excluding hydrogens is 324 g/mol. The Hall–Kier alpha value is -3.46. The first-order valence-electron chi connectivity index (χ1n) is 8.43. The van der Waals surface area contributed by atoms with Gasteiger partial charge in [-0.25, -0.2) is 0 Å². The summed E-state index contributed by atoms with van der Waals surface area (Å²) in [6.07, 6.45) is 1.67. The molecule has 0 unspecified atom stereocenters. The van der Waals surface area contributed by atoms with E-state index in [9.17, 15) is 0 Å². The number of nitrogens with one attached hydrogen (secondary N) is 1. The monoisotopic (exact) mass is 344 g/mol. The Kier molecular flexibility index (Phi) is 5.40. The van der Waals surface area contributed by atoms with E-state index in [1.54, 1.807) is 18.3 Å². The van der Waals surface area contributed by atoms with Crippen LogP contribution in [0.3, 0.4) is 0 Å². The molecule has 0 saturated carbocycles. The van der Waals surface area contributed by atoms with Gasteiger partial charge in [-0.15, -0.1) is 5.10 Å². The molecule has 0 aliphatic rings. The van der Waals surface area contributed by atoms with E-state index in [-0.39, 0.29) is 6.04 Å². The summed E-state index contributed by atoms with van der Waals surface area (Å²) in [4.78, 5) is 6.78. The van der Waals surface area contributed by atoms with E-state index in [4.69, 9.17) is 5.26 Å². The van der Waals surface area contributed by atoms with Crippen molar-refractivity contribution in [2.45, 2.75) is 26.4 Å². The Morgan fingerprint density at radius 1 is 1.08 bits per heavy atom. The van der Waals surface area contributed by atoms with Crippen molar-refractivity contribution >= 4 is 17.5 Å². The van der Waals surface area contributed by atoms with Crippen LogP contribution in [0.1, 0.15) is 25.0 Å². The van der Waals surface area contributed by atoms with Gasteiger partial charge in [0.05, 0.1) is 17.8 Å². The number of nitrogens with zero attached hydrogens (tertiary/aromatic N) is 5. The van der Waals surface area contributed by atoms with Gasteiger partial charge in [0.2, 0.25) is 5.95 Å². The molecule has 0 aliphatic carbocycles. The minimum absolute atomic E-state index is 0.259. The Morgan fingerprint density at radius 3 is 2.46 bits per heavy atom. The third kappa shape index (κ3) is 4.33. The fourth-order valence-corrected chi connectivity index (χ4v) is 2.55. The van der Waals surface area contributed by atoms with Crippen molar-refractivity contribution in [2.75, 3.05) is 10.2 Å². The highest BCUT2D eigenvalue weighted by Crippen LogP contribution is 2.19. The number of nitriles is 1. The van der Waals surface area contributed by atoms with Crippen molar-refractivity contribution in [2.24, 2.45) is 0 Å². The summed E-state index contributed by atoms with van der Waals surface area (Å²) in [5.74, 6) is 1.18. The van der Waals surface area contributed by atoms with Crippen LogP contribution in [0.2, 0.25) is 0 Å². The maximum Gasteiger partial charge on any atom is 0.249 e. The molecule has 2 aromatic carbocycles. The van der Waals surface area contributed by atoms with Gasteiger partial charge < -0.3 is 10.2 Å². The Labute approximate surface area is 153 Å². The smallest absolute Gasteiger partial charge is 0.249 e. The van der Waals surface area contributed by atoms with E-state index in [2.05, 4.69) is 57.4 Å². The lowest BCUT2D eigenvalue weighted by atomic mass is 10.2. The van der Waals surface area contributed by atoms with E-state index in [1.165, 1.54) is 5.56 Å². The van der Waals surface area contributed by atoms with Gasteiger partial charge in [0.25, 0.3) is 0 Å². The molecule has 0 amide bonds. The Morgan fingerprint density at radius 2 is 1.81 bits per heavy atom. The third-order valence-electron chi connectivity index (χ3n) is 3.93. The molecule has 0 aliphatic heterocycles. The lowest BCUT2D eigenvalue weighted by Gasteiger charge is -2.27. The maximum absolute atomic E-state index is 8.88. The molecule has 0 bridgehead atoms. The highest BCUT2D eigenvalue weighted by Gasteiger charge is 2.14. The summed E-state index contributed by atoms with van der Waals surface area (Å²) in [5.41, 5.74) is 2.63. The maximum atomic E-state index is 8.88. The molecule has 3 aromatic rings.